The number of methoxy groups -OCH3 is 1. The quantitative estimate of drug-likeness (QED) is 0.720. The highest BCUT2D eigenvalue weighted by Gasteiger charge is 2.40. The normalized spacial score (nSPS) is 19.1. The number of halogens is 1. The van der Waals surface area contributed by atoms with Crippen LogP contribution in [-0.4, -0.2) is 20.3 Å². The van der Waals surface area contributed by atoms with Crippen LogP contribution in [0.2, 0.25) is 0 Å². The van der Waals surface area contributed by atoms with Crippen molar-refractivity contribution in [2.24, 2.45) is 0 Å². The summed E-state index contributed by atoms with van der Waals surface area (Å²) in [7, 11) is 1.65. The first-order valence-electron chi connectivity index (χ1n) is 4.57. The molecular weight excluding hydrogens is 183 g/mol. The van der Waals surface area contributed by atoms with Gasteiger partial charge in [0, 0.05) is 7.11 Å². The Labute approximate surface area is 82.6 Å². The van der Waals surface area contributed by atoms with E-state index in [1.807, 2.05) is 6.07 Å². The Balaban J connectivity index is 2.36. The van der Waals surface area contributed by atoms with Gasteiger partial charge in [-0.2, -0.15) is 0 Å². The first-order chi connectivity index (χ1) is 6.68. The van der Waals surface area contributed by atoms with Crippen LogP contribution in [0.1, 0.15) is 11.1 Å². The minimum absolute atomic E-state index is 0.180. The zero-order valence-corrected chi connectivity index (χ0v) is 8.34. The van der Waals surface area contributed by atoms with E-state index in [0.717, 1.165) is 5.56 Å². The Kier molecular flexibility index (Phi) is 2.29. The summed E-state index contributed by atoms with van der Waals surface area (Å²) in [6.45, 7) is 2.85. The maximum atomic E-state index is 13.0. The van der Waals surface area contributed by atoms with Gasteiger partial charge in [0.05, 0.1) is 13.2 Å². The molecule has 0 atom stereocenters. The van der Waals surface area contributed by atoms with E-state index in [1.165, 1.54) is 6.07 Å². The molecule has 1 fully saturated rings. The van der Waals surface area contributed by atoms with Gasteiger partial charge in [-0.25, -0.2) is 4.39 Å². The highest BCUT2D eigenvalue weighted by Crippen LogP contribution is 2.33. The van der Waals surface area contributed by atoms with Crippen molar-refractivity contribution in [1.82, 2.24) is 0 Å². The van der Waals surface area contributed by atoms with E-state index in [0.29, 0.717) is 18.8 Å². The number of rotatable bonds is 2. The SMILES string of the molecule is COC1(c2ccc(F)c(C)c2)COC1. The molecule has 2 nitrogen and oxygen atoms in total. The summed E-state index contributed by atoms with van der Waals surface area (Å²) in [5, 5.41) is 0. The summed E-state index contributed by atoms with van der Waals surface area (Å²) in [6, 6.07) is 5.06. The van der Waals surface area contributed by atoms with Crippen molar-refractivity contribution in [3.63, 3.8) is 0 Å². The predicted molar refractivity (Wildman–Crippen MR) is 50.6 cm³/mol. The Morgan fingerprint density at radius 3 is 2.57 bits per heavy atom. The smallest absolute Gasteiger partial charge is 0.139 e. The van der Waals surface area contributed by atoms with Crippen molar-refractivity contribution in [3.05, 3.63) is 35.1 Å². The third-order valence-corrected chi connectivity index (χ3v) is 2.75. The van der Waals surface area contributed by atoms with Gasteiger partial charge in [0.15, 0.2) is 0 Å². The molecule has 0 saturated carbocycles. The van der Waals surface area contributed by atoms with Gasteiger partial charge in [-0.1, -0.05) is 12.1 Å². The molecule has 1 heterocycles. The summed E-state index contributed by atoms with van der Waals surface area (Å²) < 4.78 is 23.6. The van der Waals surface area contributed by atoms with Crippen molar-refractivity contribution >= 4 is 0 Å². The van der Waals surface area contributed by atoms with Crippen LogP contribution in [0.25, 0.3) is 0 Å². The number of ether oxygens (including phenoxy) is 2. The van der Waals surface area contributed by atoms with Crippen molar-refractivity contribution in [1.29, 1.82) is 0 Å². The molecule has 0 unspecified atom stereocenters. The third kappa shape index (κ3) is 1.33. The molecule has 76 valence electrons. The van der Waals surface area contributed by atoms with E-state index in [2.05, 4.69) is 0 Å². The van der Waals surface area contributed by atoms with Crippen LogP contribution in [-0.2, 0) is 15.1 Å². The Morgan fingerprint density at radius 1 is 1.43 bits per heavy atom. The number of aryl methyl sites for hydroxylation is 1. The number of benzene rings is 1. The summed E-state index contributed by atoms with van der Waals surface area (Å²) in [5.41, 5.74) is 1.29. The molecule has 0 amide bonds. The second-order valence-electron chi connectivity index (χ2n) is 3.66. The fourth-order valence-electron chi connectivity index (χ4n) is 1.62. The van der Waals surface area contributed by atoms with Gasteiger partial charge in [0.2, 0.25) is 0 Å². The second kappa shape index (κ2) is 3.33. The average Bonchev–Trinajstić information content (AvgIpc) is 2.10. The summed E-state index contributed by atoms with van der Waals surface area (Å²) in [5.74, 6) is -0.180. The van der Waals surface area contributed by atoms with Gasteiger partial charge < -0.3 is 9.47 Å². The Bertz CT molecular complexity index is 340. The summed E-state index contributed by atoms with van der Waals surface area (Å²) >= 11 is 0. The van der Waals surface area contributed by atoms with Gasteiger partial charge >= 0.3 is 0 Å². The fraction of sp³-hybridized carbons (Fsp3) is 0.455. The minimum atomic E-state index is -0.349. The predicted octanol–water partition coefficient (Wildman–Crippen LogP) is 2.01. The number of hydrogen-bond donors (Lipinski definition) is 0. The van der Waals surface area contributed by atoms with Crippen LogP contribution < -0.4 is 0 Å². The van der Waals surface area contributed by atoms with Crippen LogP contribution >= 0.6 is 0 Å². The molecule has 1 aliphatic rings. The highest BCUT2D eigenvalue weighted by molar-refractivity contribution is 5.30. The zero-order valence-electron chi connectivity index (χ0n) is 8.34. The summed E-state index contributed by atoms with van der Waals surface area (Å²) in [4.78, 5) is 0. The van der Waals surface area contributed by atoms with E-state index in [1.54, 1.807) is 20.1 Å². The molecule has 1 aromatic carbocycles. The highest BCUT2D eigenvalue weighted by atomic mass is 19.1. The Hall–Kier alpha value is -0.930. The first kappa shape index (κ1) is 9.62. The van der Waals surface area contributed by atoms with Crippen LogP contribution in [0.4, 0.5) is 4.39 Å². The lowest BCUT2D eigenvalue weighted by molar-refractivity contribution is -0.202. The lowest BCUT2D eigenvalue weighted by Crippen LogP contribution is -2.48. The van der Waals surface area contributed by atoms with Crippen molar-refractivity contribution in [2.75, 3.05) is 20.3 Å². The van der Waals surface area contributed by atoms with Crippen molar-refractivity contribution in [3.8, 4) is 0 Å². The molecule has 0 spiro atoms. The van der Waals surface area contributed by atoms with E-state index in [9.17, 15) is 4.39 Å². The van der Waals surface area contributed by atoms with Crippen molar-refractivity contribution < 1.29 is 13.9 Å². The standard InChI is InChI=1S/C11H13FO2/c1-8-5-9(3-4-10(8)12)11(13-2)6-14-7-11/h3-5H,6-7H2,1-2H3. The summed E-state index contributed by atoms with van der Waals surface area (Å²) in [6.07, 6.45) is 0. The monoisotopic (exact) mass is 196 g/mol. The van der Waals surface area contributed by atoms with Crippen LogP contribution in [0, 0.1) is 12.7 Å². The zero-order chi connectivity index (χ0) is 10.2. The van der Waals surface area contributed by atoms with Crippen LogP contribution in [0.15, 0.2) is 18.2 Å². The van der Waals surface area contributed by atoms with E-state index < -0.39 is 0 Å². The molecule has 14 heavy (non-hydrogen) atoms. The van der Waals surface area contributed by atoms with E-state index >= 15 is 0 Å². The molecule has 1 aliphatic heterocycles. The molecule has 0 bridgehead atoms. The van der Waals surface area contributed by atoms with Crippen LogP contribution in [0.3, 0.4) is 0 Å². The topological polar surface area (TPSA) is 18.5 Å². The lowest BCUT2D eigenvalue weighted by Gasteiger charge is -2.40. The van der Waals surface area contributed by atoms with Crippen molar-refractivity contribution in [2.45, 2.75) is 12.5 Å². The molecule has 0 radical (unpaired) electrons. The van der Waals surface area contributed by atoms with Crippen LogP contribution in [0.5, 0.6) is 0 Å². The maximum Gasteiger partial charge on any atom is 0.139 e. The van der Waals surface area contributed by atoms with Gasteiger partial charge in [-0.15, -0.1) is 0 Å². The second-order valence-corrected chi connectivity index (χ2v) is 3.66. The van der Waals surface area contributed by atoms with E-state index in [4.69, 9.17) is 9.47 Å². The molecule has 0 aromatic heterocycles. The molecule has 0 aliphatic carbocycles. The fourth-order valence-corrected chi connectivity index (χ4v) is 1.62. The largest absolute Gasteiger partial charge is 0.375 e. The minimum Gasteiger partial charge on any atom is -0.375 e. The molecule has 1 aromatic rings. The van der Waals surface area contributed by atoms with Gasteiger partial charge in [0.25, 0.3) is 0 Å². The molecule has 2 rings (SSSR count). The first-order valence-corrected chi connectivity index (χ1v) is 4.57. The number of hydrogen-bond acceptors (Lipinski definition) is 2. The van der Waals surface area contributed by atoms with E-state index in [-0.39, 0.29) is 11.4 Å². The Morgan fingerprint density at radius 2 is 2.14 bits per heavy atom. The molecule has 0 N–H and O–H groups in total. The van der Waals surface area contributed by atoms with Gasteiger partial charge in [-0.05, 0) is 24.1 Å². The maximum absolute atomic E-state index is 13.0. The molecule has 1 saturated heterocycles. The lowest BCUT2D eigenvalue weighted by atomic mass is 9.90. The van der Waals surface area contributed by atoms with Gasteiger partial charge in [-0.3, -0.25) is 0 Å². The molecule has 3 heteroatoms. The van der Waals surface area contributed by atoms with Gasteiger partial charge in [0.1, 0.15) is 11.4 Å². The molecular formula is C11H13FO2. The average molecular weight is 196 g/mol. The third-order valence-electron chi connectivity index (χ3n) is 2.75.